The van der Waals surface area contributed by atoms with Gasteiger partial charge in [0.25, 0.3) is 0 Å². The van der Waals surface area contributed by atoms with Crippen LogP contribution in [0.3, 0.4) is 0 Å². The number of amides is 1. The minimum atomic E-state index is -4.49. The molecule has 0 aliphatic carbocycles. The molecule has 1 aliphatic rings. The van der Waals surface area contributed by atoms with Crippen LogP contribution in [0, 0.1) is 6.92 Å². The highest BCUT2D eigenvalue weighted by molar-refractivity contribution is 6.37. The van der Waals surface area contributed by atoms with Gasteiger partial charge in [-0.05, 0) is 49.7 Å². The van der Waals surface area contributed by atoms with Gasteiger partial charge >= 0.3 is 6.18 Å². The molecule has 1 unspecified atom stereocenters. The maximum absolute atomic E-state index is 12.6. The number of halogens is 4. The number of piperazine rings is 1. The Morgan fingerprint density at radius 3 is 2.59 bits per heavy atom. The average Bonchev–Trinajstić information content (AvgIpc) is 3.31. The van der Waals surface area contributed by atoms with Crippen LogP contribution in [-0.2, 0) is 11.2 Å². The van der Waals surface area contributed by atoms with Crippen LogP contribution in [0.2, 0.25) is 5.02 Å². The molecule has 0 saturated carbocycles. The molecule has 1 N–H and O–H groups in total. The van der Waals surface area contributed by atoms with Gasteiger partial charge in [0.15, 0.2) is 0 Å². The maximum Gasteiger partial charge on any atom is 0.397 e. The Kier molecular flexibility index (Phi) is 7.55. The number of fused-ring (bicyclic) bond motifs is 1. The number of carbonyl (C=O) groups is 1. The van der Waals surface area contributed by atoms with Crippen LogP contribution >= 0.6 is 11.6 Å². The molecular weight excluding hydrogens is 531 g/mol. The zero-order valence-electron chi connectivity index (χ0n) is 21.5. The summed E-state index contributed by atoms with van der Waals surface area (Å²) in [6.45, 7) is 5.48. The van der Waals surface area contributed by atoms with Crippen molar-refractivity contribution in [1.29, 1.82) is 0 Å². The highest BCUT2D eigenvalue weighted by Gasteiger charge is 2.35. The van der Waals surface area contributed by atoms with Gasteiger partial charge in [-0.1, -0.05) is 11.6 Å². The molecule has 4 aromatic rings. The van der Waals surface area contributed by atoms with E-state index in [-0.39, 0.29) is 19.1 Å². The van der Waals surface area contributed by atoms with Crippen LogP contribution in [0.5, 0.6) is 0 Å². The summed E-state index contributed by atoms with van der Waals surface area (Å²) in [7, 11) is 0. The summed E-state index contributed by atoms with van der Waals surface area (Å²) in [5.74, 6) is -0.150. The smallest absolute Gasteiger partial charge is 0.342 e. The van der Waals surface area contributed by atoms with Crippen LogP contribution in [0.25, 0.3) is 22.3 Å². The standard InChI is InChI=1S/C27H27ClF3N7O/c1-16-11-22(34-15-33-16)20-3-4-21-26(25(20)28)36-23(35-21)13-19-12-18(5-6-32-19)17(2)37-7-9-38(10-8-37)24(39)14-27(29,30)31/h3-6,11-12,15,17H,7-10,13-14H2,1-2H3,(H,35,36). The quantitative estimate of drug-likeness (QED) is 0.354. The molecule has 5 rings (SSSR count). The minimum Gasteiger partial charge on any atom is -0.342 e. The summed E-state index contributed by atoms with van der Waals surface area (Å²) in [5, 5.41) is 0.510. The second kappa shape index (κ2) is 10.9. The predicted molar refractivity (Wildman–Crippen MR) is 141 cm³/mol. The van der Waals surface area contributed by atoms with E-state index in [0.29, 0.717) is 30.0 Å². The number of H-pyrrole nitrogens is 1. The van der Waals surface area contributed by atoms with Gasteiger partial charge in [-0.25, -0.2) is 15.0 Å². The van der Waals surface area contributed by atoms with E-state index in [1.54, 1.807) is 6.20 Å². The fraction of sp³-hybridized carbons (Fsp3) is 0.370. The number of nitrogens with zero attached hydrogens (tertiary/aromatic N) is 6. The first-order valence-electron chi connectivity index (χ1n) is 12.6. The third-order valence-electron chi connectivity index (χ3n) is 6.96. The number of hydrogen-bond acceptors (Lipinski definition) is 6. The first kappa shape index (κ1) is 27.0. The van der Waals surface area contributed by atoms with Gasteiger partial charge in [-0.3, -0.25) is 14.7 Å². The largest absolute Gasteiger partial charge is 0.397 e. The minimum absolute atomic E-state index is 0.00983. The number of nitrogens with one attached hydrogen (secondary N) is 1. The number of aromatic amines is 1. The Morgan fingerprint density at radius 2 is 1.87 bits per heavy atom. The molecule has 1 aliphatic heterocycles. The second-order valence-corrected chi connectivity index (χ2v) is 10.1. The van der Waals surface area contributed by atoms with Crippen LogP contribution in [-0.4, -0.2) is 73.0 Å². The van der Waals surface area contributed by atoms with Crippen molar-refractivity contribution in [2.45, 2.75) is 38.9 Å². The van der Waals surface area contributed by atoms with Crippen molar-refractivity contribution >= 4 is 28.5 Å². The molecule has 1 atom stereocenters. The lowest BCUT2D eigenvalue weighted by Gasteiger charge is -2.38. The Morgan fingerprint density at radius 1 is 1.10 bits per heavy atom. The molecular formula is C27H27ClF3N7O. The number of imidazole rings is 1. The van der Waals surface area contributed by atoms with E-state index in [0.717, 1.165) is 39.5 Å². The summed E-state index contributed by atoms with van der Waals surface area (Å²) in [6, 6.07) is 9.66. The van der Waals surface area contributed by atoms with Crippen molar-refractivity contribution in [3.05, 3.63) is 70.7 Å². The van der Waals surface area contributed by atoms with Crippen molar-refractivity contribution in [1.82, 2.24) is 34.7 Å². The topological polar surface area (TPSA) is 90.9 Å². The lowest BCUT2D eigenvalue weighted by atomic mass is 10.1. The van der Waals surface area contributed by atoms with Crippen molar-refractivity contribution in [2.75, 3.05) is 26.2 Å². The summed E-state index contributed by atoms with van der Waals surface area (Å²) in [6.07, 6.45) is -2.18. The predicted octanol–water partition coefficient (Wildman–Crippen LogP) is 5.13. The molecule has 1 fully saturated rings. The highest BCUT2D eigenvalue weighted by Crippen LogP contribution is 2.33. The monoisotopic (exact) mass is 557 g/mol. The molecule has 39 heavy (non-hydrogen) atoms. The fourth-order valence-corrected chi connectivity index (χ4v) is 5.16. The number of hydrogen-bond donors (Lipinski definition) is 1. The number of alkyl halides is 3. The van der Waals surface area contributed by atoms with Gasteiger partial charge in [0, 0.05) is 61.8 Å². The lowest BCUT2D eigenvalue weighted by Crippen LogP contribution is -2.50. The number of carbonyl (C=O) groups excluding carboxylic acids is 1. The SMILES string of the molecule is Cc1cc(-c2ccc3[nH]c(Cc4cc(C(C)N5CCN(C(=O)CC(F)(F)F)CC5)ccn4)nc3c2Cl)ncn1. The first-order valence-corrected chi connectivity index (χ1v) is 12.9. The van der Waals surface area contributed by atoms with Crippen molar-refractivity contribution in [3.63, 3.8) is 0 Å². The number of rotatable bonds is 6. The third kappa shape index (κ3) is 6.20. The van der Waals surface area contributed by atoms with Gasteiger partial charge in [0.05, 0.1) is 16.2 Å². The van der Waals surface area contributed by atoms with E-state index < -0.39 is 18.5 Å². The van der Waals surface area contributed by atoms with Crippen LogP contribution in [0.1, 0.15) is 42.2 Å². The molecule has 0 spiro atoms. The van der Waals surface area contributed by atoms with Crippen LogP contribution in [0.4, 0.5) is 13.2 Å². The molecule has 204 valence electrons. The molecule has 0 radical (unpaired) electrons. The van der Waals surface area contributed by atoms with E-state index in [9.17, 15) is 18.0 Å². The molecule has 12 heteroatoms. The van der Waals surface area contributed by atoms with Crippen molar-refractivity contribution < 1.29 is 18.0 Å². The molecule has 1 aromatic carbocycles. The molecule has 4 heterocycles. The average molecular weight is 558 g/mol. The summed E-state index contributed by atoms with van der Waals surface area (Å²) in [5.41, 5.74) is 5.67. The van der Waals surface area contributed by atoms with Gasteiger partial charge in [-0.2, -0.15) is 13.2 Å². The number of aryl methyl sites for hydroxylation is 1. The summed E-state index contributed by atoms with van der Waals surface area (Å²) in [4.78, 5) is 36.4. The Balaban J connectivity index is 1.27. The summed E-state index contributed by atoms with van der Waals surface area (Å²) < 4.78 is 37.7. The second-order valence-electron chi connectivity index (χ2n) is 9.69. The zero-order chi connectivity index (χ0) is 27.7. The normalized spacial score (nSPS) is 15.6. The van der Waals surface area contributed by atoms with E-state index >= 15 is 0 Å². The number of benzene rings is 1. The maximum atomic E-state index is 12.6. The number of pyridine rings is 1. The molecule has 3 aromatic heterocycles. The zero-order valence-corrected chi connectivity index (χ0v) is 22.2. The van der Waals surface area contributed by atoms with Crippen LogP contribution in [0.15, 0.2) is 42.9 Å². The molecule has 0 bridgehead atoms. The Bertz CT molecular complexity index is 1500. The van der Waals surface area contributed by atoms with Gasteiger partial charge in [-0.15, -0.1) is 0 Å². The van der Waals surface area contributed by atoms with Crippen LogP contribution < -0.4 is 0 Å². The molecule has 1 amide bonds. The first-order chi connectivity index (χ1) is 18.6. The van der Waals surface area contributed by atoms with E-state index in [1.807, 2.05) is 44.2 Å². The highest BCUT2D eigenvalue weighted by atomic mass is 35.5. The van der Waals surface area contributed by atoms with Gasteiger partial charge in [0.2, 0.25) is 5.91 Å². The van der Waals surface area contributed by atoms with Crippen molar-refractivity contribution in [3.8, 4) is 11.3 Å². The molecule has 1 saturated heterocycles. The fourth-order valence-electron chi connectivity index (χ4n) is 4.85. The Hall–Kier alpha value is -3.57. The number of aromatic nitrogens is 5. The van der Waals surface area contributed by atoms with E-state index in [4.69, 9.17) is 16.6 Å². The summed E-state index contributed by atoms with van der Waals surface area (Å²) >= 11 is 6.71. The van der Waals surface area contributed by atoms with E-state index in [2.05, 4.69) is 24.8 Å². The van der Waals surface area contributed by atoms with Crippen molar-refractivity contribution in [2.24, 2.45) is 0 Å². The van der Waals surface area contributed by atoms with Gasteiger partial charge in [0.1, 0.15) is 24.1 Å². The third-order valence-corrected chi connectivity index (χ3v) is 7.34. The lowest BCUT2D eigenvalue weighted by molar-refractivity contribution is -0.162. The molecule has 8 nitrogen and oxygen atoms in total. The van der Waals surface area contributed by atoms with E-state index in [1.165, 1.54) is 11.2 Å². The van der Waals surface area contributed by atoms with Gasteiger partial charge < -0.3 is 9.88 Å². The Labute approximate surface area is 228 Å².